The Morgan fingerprint density at radius 1 is 1.50 bits per heavy atom. The molecular weight excluding hydrogens is 280 g/mol. The van der Waals surface area contributed by atoms with E-state index in [1.165, 1.54) is 0 Å². The van der Waals surface area contributed by atoms with Crippen molar-refractivity contribution >= 4 is 0 Å². The molecule has 0 aliphatic carbocycles. The van der Waals surface area contributed by atoms with E-state index in [1.807, 2.05) is 19.1 Å². The Kier molecular flexibility index (Phi) is 4.07. The van der Waals surface area contributed by atoms with Crippen molar-refractivity contribution in [3.63, 3.8) is 0 Å². The lowest BCUT2D eigenvalue weighted by atomic mass is 10.1. The first kappa shape index (κ1) is 14.5. The molecule has 6 heteroatoms. The van der Waals surface area contributed by atoms with Crippen LogP contribution < -0.4 is 4.74 Å². The monoisotopic (exact) mass is 298 g/mol. The summed E-state index contributed by atoms with van der Waals surface area (Å²) in [6.07, 6.45) is 1.00. The summed E-state index contributed by atoms with van der Waals surface area (Å²) in [5, 5.41) is 12.9. The maximum atomic E-state index is 9.05. The summed E-state index contributed by atoms with van der Waals surface area (Å²) in [4.78, 5) is 6.65. The number of methoxy groups -OCH3 is 1. The predicted octanol–water partition coefficient (Wildman–Crippen LogP) is 2.25. The van der Waals surface area contributed by atoms with Crippen molar-refractivity contribution < 1.29 is 9.26 Å². The number of hydrogen-bond acceptors (Lipinski definition) is 6. The van der Waals surface area contributed by atoms with E-state index in [0.717, 1.165) is 43.3 Å². The first-order valence-corrected chi connectivity index (χ1v) is 7.29. The summed E-state index contributed by atoms with van der Waals surface area (Å²) < 4.78 is 10.7. The molecule has 1 atom stereocenters. The van der Waals surface area contributed by atoms with Crippen LogP contribution in [0.5, 0.6) is 5.75 Å². The molecule has 1 aromatic heterocycles. The molecule has 1 aliphatic heterocycles. The number of rotatable bonds is 4. The Hall–Kier alpha value is -2.39. The van der Waals surface area contributed by atoms with E-state index < -0.39 is 0 Å². The highest BCUT2D eigenvalue weighted by Crippen LogP contribution is 2.29. The Labute approximate surface area is 129 Å². The molecular formula is C16H18N4O2. The van der Waals surface area contributed by atoms with Gasteiger partial charge in [0.25, 0.3) is 0 Å². The van der Waals surface area contributed by atoms with Crippen molar-refractivity contribution in [1.82, 2.24) is 15.0 Å². The number of ether oxygens (including phenoxy) is 1. The molecule has 0 bridgehead atoms. The van der Waals surface area contributed by atoms with E-state index in [-0.39, 0.29) is 5.92 Å². The maximum absolute atomic E-state index is 9.05. The van der Waals surface area contributed by atoms with Crippen LogP contribution in [0.1, 0.15) is 35.2 Å². The van der Waals surface area contributed by atoms with Gasteiger partial charge in [-0.25, -0.2) is 0 Å². The number of hydrogen-bond donors (Lipinski definition) is 0. The number of nitrogens with zero attached hydrogens (tertiary/aromatic N) is 4. The second-order valence-corrected chi connectivity index (χ2v) is 5.54. The van der Waals surface area contributed by atoms with Crippen molar-refractivity contribution in [2.75, 3.05) is 20.2 Å². The van der Waals surface area contributed by atoms with Gasteiger partial charge in [-0.15, -0.1) is 0 Å². The second-order valence-electron chi connectivity index (χ2n) is 5.54. The fourth-order valence-electron chi connectivity index (χ4n) is 2.87. The lowest BCUT2D eigenvalue weighted by Gasteiger charge is -2.17. The minimum absolute atomic E-state index is 0.284. The standard InChI is InChI=1S/C16H18N4O2/c1-11-18-16(22-19-11)13-5-6-20(9-13)10-14-7-12(8-17)3-4-15(14)21-2/h3-4,7,13H,5-6,9-10H2,1-2H3. The number of aromatic nitrogens is 2. The molecule has 2 aromatic rings. The van der Waals surface area contributed by atoms with Crippen LogP contribution >= 0.6 is 0 Å². The molecule has 0 spiro atoms. The topological polar surface area (TPSA) is 75.2 Å². The number of benzene rings is 1. The van der Waals surface area contributed by atoms with Crippen molar-refractivity contribution in [2.24, 2.45) is 0 Å². The van der Waals surface area contributed by atoms with Crippen LogP contribution in [0.2, 0.25) is 0 Å². The normalized spacial score (nSPS) is 18.3. The average molecular weight is 298 g/mol. The van der Waals surface area contributed by atoms with Gasteiger partial charge in [0.2, 0.25) is 5.89 Å². The van der Waals surface area contributed by atoms with E-state index >= 15 is 0 Å². The highest BCUT2D eigenvalue weighted by atomic mass is 16.5. The molecule has 0 N–H and O–H groups in total. The van der Waals surface area contributed by atoms with Gasteiger partial charge in [-0.2, -0.15) is 10.2 Å². The molecule has 1 unspecified atom stereocenters. The average Bonchev–Trinajstić information content (AvgIpc) is 3.16. The number of likely N-dealkylation sites (tertiary alicyclic amines) is 1. The molecule has 3 rings (SSSR count). The Morgan fingerprint density at radius 2 is 2.36 bits per heavy atom. The van der Waals surface area contributed by atoms with Gasteiger partial charge in [0, 0.05) is 18.7 Å². The largest absolute Gasteiger partial charge is 0.496 e. The zero-order valence-corrected chi connectivity index (χ0v) is 12.7. The third-order valence-electron chi connectivity index (χ3n) is 3.97. The zero-order chi connectivity index (χ0) is 15.5. The third kappa shape index (κ3) is 2.95. The molecule has 1 fully saturated rings. The van der Waals surface area contributed by atoms with Gasteiger partial charge in [-0.3, -0.25) is 4.90 Å². The molecule has 6 nitrogen and oxygen atoms in total. The van der Waals surface area contributed by atoms with Gasteiger partial charge in [-0.05, 0) is 38.1 Å². The van der Waals surface area contributed by atoms with Crippen molar-refractivity contribution in [1.29, 1.82) is 5.26 Å². The molecule has 0 amide bonds. The Morgan fingerprint density at radius 3 is 3.05 bits per heavy atom. The quantitative estimate of drug-likeness (QED) is 0.861. The molecule has 0 saturated carbocycles. The Bertz CT molecular complexity index is 704. The zero-order valence-electron chi connectivity index (χ0n) is 12.7. The van der Waals surface area contributed by atoms with Gasteiger partial charge < -0.3 is 9.26 Å². The fraction of sp³-hybridized carbons (Fsp3) is 0.438. The first-order valence-electron chi connectivity index (χ1n) is 7.29. The van der Waals surface area contributed by atoms with Crippen molar-refractivity contribution in [3.05, 3.63) is 41.0 Å². The minimum atomic E-state index is 0.284. The third-order valence-corrected chi connectivity index (χ3v) is 3.97. The van der Waals surface area contributed by atoms with Gasteiger partial charge in [0.1, 0.15) is 5.75 Å². The molecule has 1 aliphatic rings. The fourth-order valence-corrected chi connectivity index (χ4v) is 2.87. The molecule has 114 valence electrons. The van der Waals surface area contributed by atoms with Crippen molar-refractivity contribution in [3.8, 4) is 11.8 Å². The molecule has 22 heavy (non-hydrogen) atoms. The summed E-state index contributed by atoms with van der Waals surface area (Å²) in [6.45, 7) is 4.42. The van der Waals surface area contributed by atoms with Gasteiger partial charge in [0.15, 0.2) is 5.82 Å². The smallest absolute Gasteiger partial charge is 0.231 e. The summed E-state index contributed by atoms with van der Waals surface area (Å²) in [5.41, 5.74) is 1.68. The van der Waals surface area contributed by atoms with Gasteiger partial charge in [0.05, 0.1) is 24.7 Å². The minimum Gasteiger partial charge on any atom is -0.496 e. The number of aryl methyl sites for hydroxylation is 1. The van der Waals surface area contributed by atoms with E-state index in [2.05, 4.69) is 21.1 Å². The lowest BCUT2D eigenvalue weighted by Crippen LogP contribution is -2.20. The number of nitriles is 1. The van der Waals surface area contributed by atoms with Crippen LogP contribution in [-0.4, -0.2) is 35.2 Å². The van der Waals surface area contributed by atoms with Gasteiger partial charge >= 0.3 is 0 Å². The van der Waals surface area contributed by atoms with Crippen LogP contribution in [0, 0.1) is 18.3 Å². The van der Waals surface area contributed by atoms with Crippen LogP contribution in [0.15, 0.2) is 22.7 Å². The molecule has 0 radical (unpaired) electrons. The second kappa shape index (κ2) is 6.16. The Balaban J connectivity index is 1.71. The van der Waals surface area contributed by atoms with Crippen LogP contribution in [0.3, 0.4) is 0 Å². The summed E-state index contributed by atoms with van der Waals surface area (Å²) in [5.74, 6) is 2.50. The van der Waals surface area contributed by atoms with Crippen LogP contribution in [-0.2, 0) is 6.54 Å². The highest BCUT2D eigenvalue weighted by molar-refractivity contribution is 5.42. The maximum Gasteiger partial charge on any atom is 0.231 e. The van der Waals surface area contributed by atoms with E-state index in [4.69, 9.17) is 14.5 Å². The summed E-state index contributed by atoms with van der Waals surface area (Å²) in [7, 11) is 1.65. The van der Waals surface area contributed by atoms with Gasteiger partial charge in [-0.1, -0.05) is 5.16 Å². The van der Waals surface area contributed by atoms with Crippen LogP contribution in [0.25, 0.3) is 0 Å². The molecule has 1 aromatic carbocycles. The van der Waals surface area contributed by atoms with Crippen molar-refractivity contribution in [2.45, 2.75) is 25.8 Å². The lowest BCUT2D eigenvalue weighted by molar-refractivity contribution is 0.302. The van der Waals surface area contributed by atoms with E-state index in [0.29, 0.717) is 11.4 Å². The summed E-state index contributed by atoms with van der Waals surface area (Å²) >= 11 is 0. The van der Waals surface area contributed by atoms with E-state index in [1.54, 1.807) is 13.2 Å². The molecule has 1 saturated heterocycles. The van der Waals surface area contributed by atoms with Crippen LogP contribution in [0.4, 0.5) is 0 Å². The summed E-state index contributed by atoms with van der Waals surface area (Å²) in [6, 6.07) is 7.69. The van der Waals surface area contributed by atoms with E-state index in [9.17, 15) is 0 Å². The first-order chi connectivity index (χ1) is 10.7. The predicted molar refractivity (Wildman–Crippen MR) is 79.4 cm³/mol. The SMILES string of the molecule is COc1ccc(C#N)cc1CN1CCC(c2nc(C)no2)C1. The molecule has 2 heterocycles. The highest BCUT2D eigenvalue weighted by Gasteiger charge is 2.28.